The highest BCUT2D eigenvalue weighted by molar-refractivity contribution is 5.78. The van der Waals surface area contributed by atoms with Gasteiger partial charge in [-0.15, -0.1) is 0 Å². The quantitative estimate of drug-likeness (QED) is 0.831. The Morgan fingerprint density at radius 3 is 2.85 bits per heavy atom. The summed E-state index contributed by atoms with van der Waals surface area (Å²) >= 11 is 0. The maximum absolute atomic E-state index is 11.8. The fourth-order valence-corrected chi connectivity index (χ4v) is 1.91. The number of carbonyl (C=O) groups is 1. The van der Waals surface area contributed by atoms with Crippen LogP contribution in [0.2, 0.25) is 0 Å². The van der Waals surface area contributed by atoms with Crippen molar-refractivity contribution < 1.29 is 14.3 Å². The van der Waals surface area contributed by atoms with Gasteiger partial charge in [0.25, 0.3) is 0 Å². The predicted molar refractivity (Wildman–Crippen MR) is 76.7 cm³/mol. The van der Waals surface area contributed by atoms with E-state index in [1.807, 2.05) is 25.1 Å². The molecule has 110 valence electrons. The largest absolute Gasteiger partial charge is 0.454 e. The van der Waals surface area contributed by atoms with E-state index >= 15 is 0 Å². The summed E-state index contributed by atoms with van der Waals surface area (Å²) in [6.07, 6.45) is 0. The highest BCUT2D eigenvalue weighted by Gasteiger charge is 2.17. The normalized spacial score (nSPS) is 14.4. The van der Waals surface area contributed by atoms with Crippen LogP contribution in [0.1, 0.15) is 26.3 Å². The Hall–Kier alpha value is -1.75. The molecule has 0 fully saturated rings. The third-order valence-corrected chi connectivity index (χ3v) is 3.47. The Morgan fingerprint density at radius 2 is 2.10 bits per heavy atom. The summed E-state index contributed by atoms with van der Waals surface area (Å²) in [7, 11) is 0. The number of carbonyl (C=O) groups excluding carboxylic acids is 1. The van der Waals surface area contributed by atoms with Gasteiger partial charge in [-0.25, -0.2) is 0 Å². The van der Waals surface area contributed by atoms with Gasteiger partial charge in [-0.2, -0.15) is 0 Å². The van der Waals surface area contributed by atoms with Crippen molar-refractivity contribution in [3.63, 3.8) is 0 Å². The maximum Gasteiger partial charge on any atom is 0.234 e. The van der Waals surface area contributed by atoms with Gasteiger partial charge in [0.15, 0.2) is 11.5 Å². The van der Waals surface area contributed by atoms with Gasteiger partial charge in [0.05, 0.1) is 6.54 Å². The zero-order chi connectivity index (χ0) is 14.5. The number of hydrogen-bond acceptors (Lipinski definition) is 4. The van der Waals surface area contributed by atoms with Crippen LogP contribution in [0.5, 0.6) is 11.5 Å². The lowest BCUT2D eigenvalue weighted by atomic mass is 10.1. The molecule has 1 aliphatic rings. The number of ether oxygens (including phenoxy) is 2. The van der Waals surface area contributed by atoms with Gasteiger partial charge in [-0.05, 0) is 18.9 Å². The van der Waals surface area contributed by atoms with Crippen LogP contribution >= 0.6 is 0 Å². The standard InChI is InChI=1S/C15H22N2O3/c1-10(2)11(3)17-14(18)8-16-7-12-5-4-6-13-15(12)20-9-19-13/h4-6,10-11,16H,7-9H2,1-3H3,(H,17,18). The van der Waals surface area contributed by atoms with Crippen molar-refractivity contribution in [2.45, 2.75) is 33.4 Å². The Balaban J connectivity index is 1.79. The van der Waals surface area contributed by atoms with Gasteiger partial charge in [0.1, 0.15) is 0 Å². The lowest BCUT2D eigenvalue weighted by Crippen LogP contribution is -2.41. The molecule has 0 aromatic heterocycles. The number of benzene rings is 1. The highest BCUT2D eigenvalue weighted by Crippen LogP contribution is 2.35. The van der Waals surface area contributed by atoms with E-state index in [-0.39, 0.29) is 18.7 Å². The van der Waals surface area contributed by atoms with Crippen LogP contribution in [0.25, 0.3) is 0 Å². The molecule has 1 unspecified atom stereocenters. The number of fused-ring (bicyclic) bond motifs is 1. The number of hydrogen-bond donors (Lipinski definition) is 2. The van der Waals surface area contributed by atoms with Gasteiger partial charge in [-0.3, -0.25) is 4.79 Å². The Morgan fingerprint density at radius 1 is 1.30 bits per heavy atom. The molecule has 0 aliphatic carbocycles. The average molecular weight is 278 g/mol. The van der Waals surface area contributed by atoms with Crippen LogP contribution in [0, 0.1) is 5.92 Å². The predicted octanol–water partition coefficient (Wildman–Crippen LogP) is 1.67. The van der Waals surface area contributed by atoms with E-state index in [2.05, 4.69) is 24.5 Å². The van der Waals surface area contributed by atoms with Crippen molar-refractivity contribution in [2.24, 2.45) is 5.92 Å². The number of rotatable bonds is 6. The van der Waals surface area contributed by atoms with Crippen LogP contribution in [0.4, 0.5) is 0 Å². The summed E-state index contributed by atoms with van der Waals surface area (Å²) in [6, 6.07) is 5.95. The lowest BCUT2D eigenvalue weighted by Gasteiger charge is -2.17. The zero-order valence-corrected chi connectivity index (χ0v) is 12.2. The second-order valence-electron chi connectivity index (χ2n) is 5.35. The number of nitrogens with one attached hydrogen (secondary N) is 2. The molecule has 1 heterocycles. The summed E-state index contributed by atoms with van der Waals surface area (Å²) in [5.41, 5.74) is 1.00. The number of amides is 1. The van der Waals surface area contributed by atoms with Gasteiger partial charge < -0.3 is 20.1 Å². The van der Waals surface area contributed by atoms with Crippen LogP contribution in [0.15, 0.2) is 18.2 Å². The molecule has 5 heteroatoms. The van der Waals surface area contributed by atoms with E-state index < -0.39 is 0 Å². The summed E-state index contributed by atoms with van der Waals surface area (Å²) in [5.74, 6) is 1.98. The molecule has 0 saturated heterocycles. The van der Waals surface area contributed by atoms with Gasteiger partial charge in [0.2, 0.25) is 12.7 Å². The maximum atomic E-state index is 11.8. The smallest absolute Gasteiger partial charge is 0.234 e. The van der Waals surface area contributed by atoms with E-state index in [4.69, 9.17) is 9.47 Å². The molecule has 5 nitrogen and oxygen atoms in total. The SMILES string of the molecule is CC(C)C(C)NC(=O)CNCc1cccc2c1OCO2. The van der Waals surface area contributed by atoms with Crippen molar-refractivity contribution in [3.05, 3.63) is 23.8 Å². The summed E-state index contributed by atoms with van der Waals surface area (Å²) in [5, 5.41) is 6.09. The first kappa shape index (κ1) is 14.7. The van der Waals surface area contributed by atoms with Crippen molar-refractivity contribution in [1.82, 2.24) is 10.6 Å². The zero-order valence-electron chi connectivity index (χ0n) is 12.2. The summed E-state index contributed by atoms with van der Waals surface area (Å²) in [6.45, 7) is 7.32. The van der Waals surface area contributed by atoms with E-state index in [0.717, 1.165) is 17.1 Å². The third kappa shape index (κ3) is 3.63. The fourth-order valence-electron chi connectivity index (χ4n) is 1.91. The van der Waals surface area contributed by atoms with Gasteiger partial charge >= 0.3 is 0 Å². The minimum absolute atomic E-state index is 0.0101. The second kappa shape index (κ2) is 6.61. The Bertz CT molecular complexity index is 474. The summed E-state index contributed by atoms with van der Waals surface area (Å²) in [4.78, 5) is 11.8. The van der Waals surface area contributed by atoms with Crippen molar-refractivity contribution >= 4 is 5.91 Å². The monoisotopic (exact) mass is 278 g/mol. The molecular formula is C15H22N2O3. The molecule has 20 heavy (non-hydrogen) atoms. The van der Waals surface area contributed by atoms with E-state index in [1.165, 1.54) is 0 Å². The summed E-state index contributed by atoms with van der Waals surface area (Å²) < 4.78 is 10.7. The third-order valence-electron chi connectivity index (χ3n) is 3.47. The minimum atomic E-state index is 0.0101. The topological polar surface area (TPSA) is 59.6 Å². The lowest BCUT2D eigenvalue weighted by molar-refractivity contribution is -0.121. The molecule has 0 bridgehead atoms. The van der Waals surface area contributed by atoms with Gasteiger partial charge in [0, 0.05) is 18.2 Å². The van der Waals surface area contributed by atoms with Crippen molar-refractivity contribution in [2.75, 3.05) is 13.3 Å². The highest BCUT2D eigenvalue weighted by atomic mass is 16.7. The molecule has 1 aromatic rings. The minimum Gasteiger partial charge on any atom is -0.454 e. The molecule has 1 amide bonds. The molecule has 1 atom stereocenters. The average Bonchev–Trinajstić information content (AvgIpc) is 2.87. The first-order chi connectivity index (χ1) is 9.58. The molecule has 1 aliphatic heterocycles. The number of para-hydroxylation sites is 1. The molecule has 0 radical (unpaired) electrons. The Labute approximate surface area is 119 Å². The molecule has 2 N–H and O–H groups in total. The second-order valence-corrected chi connectivity index (χ2v) is 5.35. The molecule has 0 saturated carbocycles. The van der Waals surface area contributed by atoms with Crippen LogP contribution in [0.3, 0.4) is 0 Å². The van der Waals surface area contributed by atoms with E-state index in [1.54, 1.807) is 0 Å². The van der Waals surface area contributed by atoms with E-state index in [0.29, 0.717) is 19.0 Å². The molecule has 0 spiro atoms. The van der Waals surface area contributed by atoms with Crippen molar-refractivity contribution in [1.29, 1.82) is 0 Å². The van der Waals surface area contributed by atoms with Crippen LogP contribution in [-0.4, -0.2) is 25.3 Å². The van der Waals surface area contributed by atoms with Gasteiger partial charge in [-0.1, -0.05) is 26.0 Å². The fraction of sp³-hybridized carbons (Fsp3) is 0.533. The van der Waals surface area contributed by atoms with Crippen LogP contribution in [-0.2, 0) is 11.3 Å². The van der Waals surface area contributed by atoms with Crippen molar-refractivity contribution in [3.8, 4) is 11.5 Å². The molecule has 2 rings (SSSR count). The first-order valence-corrected chi connectivity index (χ1v) is 6.95. The van der Waals surface area contributed by atoms with E-state index in [9.17, 15) is 4.79 Å². The molecule has 1 aromatic carbocycles. The first-order valence-electron chi connectivity index (χ1n) is 6.95. The molecular weight excluding hydrogens is 256 g/mol. The Kier molecular flexibility index (Phi) is 4.84. The van der Waals surface area contributed by atoms with Crippen LogP contribution < -0.4 is 20.1 Å².